The summed E-state index contributed by atoms with van der Waals surface area (Å²) < 4.78 is 0. The molecule has 0 amide bonds. The van der Waals surface area contributed by atoms with Gasteiger partial charge in [-0.05, 0) is 35.7 Å². The Morgan fingerprint density at radius 1 is 1.06 bits per heavy atom. The second-order valence-electron chi connectivity index (χ2n) is 3.78. The van der Waals surface area contributed by atoms with Crippen LogP contribution in [0.3, 0.4) is 0 Å². The van der Waals surface area contributed by atoms with Crippen molar-refractivity contribution in [1.29, 1.82) is 0 Å². The third-order valence-electron chi connectivity index (χ3n) is 2.65. The van der Waals surface area contributed by atoms with E-state index in [-0.39, 0.29) is 0 Å². The van der Waals surface area contributed by atoms with Crippen LogP contribution in [0.25, 0.3) is 11.1 Å². The van der Waals surface area contributed by atoms with Crippen molar-refractivity contribution in [3.05, 3.63) is 57.6 Å². The molecule has 3 heteroatoms. The Balaban J connectivity index is 2.75. The maximum absolute atomic E-state index is 11.1. The van der Waals surface area contributed by atoms with Gasteiger partial charge >= 0.3 is 0 Å². The van der Waals surface area contributed by atoms with E-state index in [9.17, 15) is 4.79 Å². The molecular weight excluding hydrogens is 255 g/mol. The van der Waals surface area contributed by atoms with Crippen LogP contribution in [0.5, 0.6) is 0 Å². The molecule has 0 fully saturated rings. The van der Waals surface area contributed by atoms with Crippen LogP contribution in [0.2, 0.25) is 10.0 Å². The Hall–Kier alpha value is -1.31. The van der Waals surface area contributed by atoms with Gasteiger partial charge < -0.3 is 0 Å². The van der Waals surface area contributed by atoms with Crippen LogP contribution in [0.4, 0.5) is 0 Å². The van der Waals surface area contributed by atoms with Gasteiger partial charge in [0, 0.05) is 10.6 Å². The zero-order chi connectivity index (χ0) is 12.4. The van der Waals surface area contributed by atoms with Crippen LogP contribution in [0, 0.1) is 6.92 Å². The van der Waals surface area contributed by atoms with Crippen molar-refractivity contribution in [1.82, 2.24) is 0 Å². The van der Waals surface area contributed by atoms with Gasteiger partial charge in [0.1, 0.15) is 0 Å². The quantitative estimate of drug-likeness (QED) is 0.714. The molecule has 1 nitrogen and oxygen atoms in total. The molecule has 0 spiro atoms. The fourth-order valence-corrected chi connectivity index (χ4v) is 2.34. The van der Waals surface area contributed by atoms with Crippen molar-refractivity contribution in [2.24, 2.45) is 0 Å². The third-order valence-corrected chi connectivity index (χ3v) is 3.18. The first-order valence-electron chi connectivity index (χ1n) is 5.13. The topological polar surface area (TPSA) is 17.1 Å². The van der Waals surface area contributed by atoms with Gasteiger partial charge in [0.05, 0.1) is 5.02 Å². The molecular formula is C14H10Cl2O. The van der Waals surface area contributed by atoms with Crippen LogP contribution in [0.15, 0.2) is 36.4 Å². The summed E-state index contributed by atoms with van der Waals surface area (Å²) in [5.41, 5.74) is 3.30. The summed E-state index contributed by atoms with van der Waals surface area (Å²) in [7, 11) is 0. The normalized spacial score (nSPS) is 10.3. The van der Waals surface area contributed by atoms with E-state index in [2.05, 4.69) is 0 Å². The highest BCUT2D eigenvalue weighted by Crippen LogP contribution is 2.33. The molecule has 0 unspecified atom stereocenters. The zero-order valence-electron chi connectivity index (χ0n) is 9.21. The van der Waals surface area contributed by atoms with E-state index in [4.69, 9.17) is 23.2 Å². The second-order valence-corrected chi connectivity index (χ2v) is 4.63. The minimum Gasteiger partial charge on any atom is -0.298 e. The number of rotatable bonds is 2. The Labute approximate surface area is 110 Å². The van der Waals surface area contributed by atoms with Gasteiger partial charge in [-0.2, -0.15) is 0 Å². The Morgan fingerprint density at radius 3 is 2.41 bits per heavy atom. The van der Waals surface area contributed by atoms with Gasteiger partial charge in [-0.25, -0.2) is 0 Å². The van der Waals surface area contributed by atoms with E-state index in [0.29, 0.717) is 15.6 Å². The van der Waals surface area contributed by atoms with E-state index in [0.717, 1.165) is 23.0 Å². The number of halogens is 2. The van der Waals surface area contributed by atoms with Gasteiger partial charge in [0.15, 0.2) is 6.29 Å². The summed E-state index contributed by atoms with van der Waals surface area (Å²) in [6.45, 7) is 1.98. The predicted octanol–water partition coefficient (Wildman–Crippen LogP) is 4.78. The predicted molar refractivity (Wildman–Crippen MR) is 72.0 cm³/mol. The fourth-order valence-electron chi connectivity index (χ4n) is 1.80. The van der Waals surface area contributed by atoms with Crippen LogP contribution < -0.4 is 0 Å². The molecule has 0 saturated heterocycles. The molecule has 2 aromatic carbocycles. The summed E-state index contributed by atoms with van der Waals surface area (Å²) >= 11 is 12.0. The van der Waals surface area contributed by atoms with E-state index in [1.807, 2.05) is 31.2 Å². The molecule has 0 radical (unpaired) electrons. The number of aryl methyl sites for hydroxylation is 1. The summed E-state index contributed by atoms with van der Waals surface area (Å²) in [6, 6.07) is 11.1. The van der Waals surface area contributed by atoms with E-state index in [1.54, 1.807) is 12.1 Å². The molecule has 0 heterocycles. The highest BCUT2D eigenvalue weighted by Gasteiger charge is 2.11. The van der Waals surface area contributed by atoms with Crippen molar-refractivity contribution in [3.8, 4) is 11.1 Å². The summed E-state index contributed by atoms with van der Waals surface area (Å²) in [4.78, 5) is 11.1. The molecule has 0 atom stereocenters. The Kier molecular flexibility index (Phi) is 3.51. The van der Waals surface area contributed by atoms with Gasteiger partial charge in [0.25, 0.3) is 0 Å². The monoisotopic (exact) mass is 264 g/mol. The second kappa shape index (κ2) is 4.91. The molecule has 0 aliphatic heterocycles. The lowest BCUT2D eigenvalue weighted by Gasteiger charge is -2.10. The molecule has 0 aliphatic carbocycles. The van der Waals surface area contributed by atoms with Crippen molar-refractivity contribution >= 4 is 29.5 Å². The van der Waals surface area contributed by atoms with Crippen LogP contribution >= 0.6 is 23.2 Å². The lowest BCUT2D eigenvalue weighted by atomic mass is 9.96. The van der Waals surface area contributed by atoms with Gasteiger partial charge in [-0.15, -0.1) is 0 Å². The zero-order valence-corrected chi connectivity index (χ0v) is 10.7. The average molecular weight is 265 g/mol. The number of carbonyl (C=O) groups excluding carboxylic acids is 1. The average Bonchev–Trinajstić information content (AvgIpc) is 2.28. The first-order valence-corrected chi connectivity index (χ1v) is 5.89. The third kappa shape index (κ3) is 2.36. The van der Waals surface area contributed by atoms with Gasteiger partial charge in [-0.3, -0.25) is 4.79 Å². The highest BCUT2D eigenvalue weighted by atomic mass is 35.5. The minimum absolute atomic E-state index is 0.380. The highest BCUT2D eigenvalue weighted by molar-refractivity contribution is 6.37. The van der Waals surface area contributed by atoms with E-state index in [1.165, 1.54) is 0 Å². The molecule has 0 aromatic heterocycles. The molecule has 2 rings (SSSR count). The summed E-state index contributed by atoms with van der Waals surface area (Å²) in [5.74, 6) is 0. The van der Waals surface area contributed by atoms with Gasteiger partial charge in [0.2, 0.25) is 0 Å². The fraction of sp³-hybridized carbons (Fsp3) is 0.0714. The molecule has 0 bridgehead atoms. The molecule has 0 N–H and O–H groups in total. The van der Waals surface area contributed by atoms with Crippen molar-refractivity contribution in [3.63, 3.8) is 0 Å². The van der Waals surface area contributed by atoms with Crippen molar-refractivity contribution < 1.29 is 4.79 Å². The summed E-state index contributed by atoms with van der Waals surface area (Å²) in [6.07, 6.45) is 0.764. The molecule has 0 aliphatic rings. The lowest BCUT2D eigenvalue weighted by molar-refractivity contribution is 0.112. The van der Waals surface area contributed by atoms with Gasteiger partial charge in [-0.1, -0.05) is 47.5 Å². The first-order chi connectivity index (χ1) is 8.13. The van der Waals surface area contributed by atoms with Crippen molar-refractivity contribution in [2.45, 2.75) is 6.92 Å². The molecule has 86 valence electrons. The Morgan fingerprint density at radius 2 is 1.76 bits per heavy atom. The van der Waals surface area contributed by atoms with Crippen LogP contribution in [0.1, 0.15) is 15.9 Å². The first kappa shape index (κ1) is 12.2. The largest absolute Gasteiger partial charge is 0.298 e. The maximum atomic E-state index is 11.1. The molecule has 0 saturated carbocycles. The minimum atomic E-state index is 0.380. The number of carbonyl (C=O) groups is 1. The lowest BCUT2D eigenvalue weighted by Crippen LogP contribution is -1.91. The number of aldehydes is 1. The smallest absolute Gasteiger partial charge is 0.152 e. The van der Waals surface area contributed by atoms with Crippen molar-refractivity contribution in [2.75, 3.05) is 0 Å². The molecule has 17 heavy (non-hydrogen) atoms. The SMILES string of the molecule is Cc1ccccc1-c1cc(Cl)cc(Cl)c1C=O. The number of benzene rings is 2. The van der Waals surface area contributed by atoms with E-state index >= 15 is 0 Å². The maximum Gasteiger partial charge on any atom is 0.152 e. The number of hydrogen-bond donors (Lipinski definition) is 0. The molecule has 2 aromatic rings. The summed E-state index contributed by atoms with van der Waals surface area (Å²) in [5, 5.41) is 0.907. The standard InChI is InChI=1S/C14H10Cl2O/c1-9-4-2-3-5-11(9)12-6-10(15)7-14(16)13(12)8-17/h2-8H,1H3. The number of hydrogen-bond acceptors (Lipinski definition) is 1. The van der Waals surface area contributed by atoms with Crippen LogP contribution in [-0.2, 0) is 0 Å². The Bertz CT molecular complexity index is 576. The van der Waals surface area contributed by atoms with E-state index < -0.39 is 0 Å². The van der Waals surface area contributed by atoms with Crippen LogP contribution in [-0.4, -0.2) is 6.29 Å².